The van der Waals surface area contributed by atoms with Crippen molar-refractivity contribution in [1.29, 1.82) is 0 Å². The summed E-state index contributed by atoms with van der Waals surface area (Å²) in [6.45, 7) is 6.41. The average molecular weight is 254 g/mol. The maximum atomic E-state index is 5.96. The number of ether oxygens (including phenoxy) is 1. The second kappa shape index (κ2) is 6.36. The molecule has 2 aliphatic rings. The second-order valence-corrected chi connectivity index (χ2v) is 6.41. The lowest BCUT2D eigenvalue weighted by Crippen LogP contribution is -2.44. The van der Waals surface area contributed by atoms with Gasteiger partial charge in [-0.05, 0) is 63.5 Å². The van der Waals surface area contributed by atoms with Crippen LogP contribution < -0.4 is 5.73 Å². The van der Waals surface area contributed by atoms with Gasteiger partial charge in [0.05, 0.1) is 6.61 Å². The lowest BCUT2D eigenvalue weighted by Gasteiger charge is -2.43. The molecule has 1 atom stereocenters. The molecule has 0 saturated heterocycles. The molecule has 0 aliphatic heterocycles. The molecule has 18 heavy (non-hydrogen) atoms. The van der Waals surface area contributed by atoms with Crippen molar-refractivity contribution in [2.24, 2.45) is 17.1 Å². The first kappa shape index (κ1) is 14.3. The van der Waals surface area contributed by atoms with Gasteiger partial charge in [0.25, 0.3) is 0 Å². The van der Waals surface area contributed by atoms with Crippen molar-refractivity contribution >= 4 is 0 Å². The van der Waals surface area contributed by atoms with E-state index in [2.05, 4.69) is 11.8 Å². The molecule has 0 aromatic heterocycles. The van der Waals surface area contributed by atoms with Gasteiger partial charge in [0, 0.05) is 19.7 Å². The Labute approximate surface area is 112 Å². The molecule has 2 rings (SSSR count). The molecule has 0 aromatic carbocycles. The summed E-state index contributed by atoms with van der Waals surface area (Å²) in [5.41, 5.74) is 6.44. The predicted molar refractivity (Wildman–Crippen MR) is 75.6 cm³/mol. The van der Waals surface area contributed by atoms with Gasteiger partial charge >= 0.3 is 0 Å². The lowest BCUT2D eigenvalue weighted by atomic mass is 9.66. The standard InChI is InChI=1S/C15H30N2O/c1-13(14-4-5-14)17(10-11-18-2)9-8-15(12-16)6-3-7-15/h13-14H,3-12,16H2,1-2H3. The normalized spacial score (nSPS) is 24.0. The average Bonchev–Trinajstić information content (AvgIpc) is 3.15. The Hall–Kier alpha value is -0.120. The molecular weight excluding hydrogens is 224 g/mol. The van der Waals surface area contributed by atoms with Crippen molar-refractivity contribution in [3.63, 3.8) is 0 Å². The van der Waals surface area contributed by atoms with Crippen LogP contribution in [0.2, 0.25) is 0 Å². The van der Waals surface area contributed by atoms with Crippen LogP contribution in [0.25, 0.3) is 0 Å². The van der Waals surface area contributed by atoms with Gasteiger partial charge in [0.15, 0.2) is 0 Å². The van der Waals surface area contributed by atoms with Crippen molar-refractivity contribution in [2.45, 2.75) is 51.5 Å². The van der Waals surface area contributed by atoms with Gasteiger partial charge in [0.2, 0.25) is 0 Å². The van der Waals surface area contributed by atoms with E-state index in [0.717, 1.165) is 31.7 Å². The number of methoxy groups -OCH3 is 1. The van der Waals surface area contributed by atoms with Crippen molar-refractivity contribution in [1.82, 2.24) is 4.90 Å². The summed E-state index contributed by atoms with van der Waals surface area (Å²) in [7, 11) is 1.80. The molecule has 2 saturated carbocycles. The molecule has 0 heterocycles. The molecule has 0 bridgehead atoms. The van der Waals surface area contributed by atoms with E-state index in [9.17, 15) is 0 Å². The maximum absolute atomic E-state index is 5.96. The fourth-order valence-electron chi connectivity index (χ4n) is 3.22. The van der Waals surface area contributed by atoms with E-state index in [1.807, 2.05) is 0 Å². The third kappa shape index (κ3) is 3.46. The van der Waals surface area contributed by atoms with Gasteiger partial charge in [-0.2, -0.15) is 0 Å². The van der Waals surface area contributed by atoms with Crippen LogP contribution in [0, 0.1) is 11.3 Å². The third-order valence-corrected chi connectivity index (χ3v) is 5.24. The van der Waals surface area contributed by atoms with Crippen molar-refractivity contribution < 1.29 is 4.74 Å². The van der Waals surface area contributed by atoms with Gasteiger partial charge < -0.3 is 10.5 Å². The summed E-state index contributed by atoms with van der Waals surface area (Å²) in [5.74, 6) is 0.942. The molecule has 1 unspecified atom stereocenters. The fourth-order valence-corrected chi connectivity index (χ4v) is 3.22. The number of rotatable bonds is 9. The number of hydrogen-bond acceptors (Lipinski definition) is 3. The highest BCUT2D eigenvalue weighted by atomic mass is 16.5. The lowest BCUT2D eigenvalue weighted by molar-refractivity contribution is 0.0720. The van der Waals surface area contributed by atoms with Gasteiger partial charge in [-0.3, -0.25) is 4.90 Å². The van der Waals surface area contributed by atoms with Gasteiger partial charge in [-0.1, -0.05) is 6.42 Å². The zero-order valence-corrected chi connectivity index (χ0v) is 12.2. The Bertz CT molecular complexity index is 243. The van der Waals surface area contributed by atoms with Crippen molar-refractivity contribution in [2.75, 3.05) is 33.4 Å². The monoisotopic (exact) mass is 254 g/mol. The maximum Gasteiger partial charge on any atom is 0.0589 e. The Balaban J connectivity index is 1.79. The topological polar surface area (TPSA) is 38.5 Å². The van der Waals surface area contributed by atoms with E-state index in [1.54, 1.807) is 7.11 Å². The van der Waals surface area contributed by atoms with Crippen LogP contribution in [0.3, 0.4) is 0 Å². The highest BCUT2D eigenvalue weighted by molar-refractivity contribution is 4.91. The minimum absolute atomic E-state index is 0.481. The summed E-state index contributed by atoms with van der Waals surface area (Å²) < 4.78 is 5.25. The summed E-state index contributed by atoms with van der Waals surface area (Å²) >= 11 is 0. The number of nitrogens with two attached hydrogens (primary N) is 1. The van der Waals surface area contributed by atoms with Crippen LogP contribution in [0.5, 0.6) is 0 Å². The first-order valence-electron chi connectivity index (χ1n) is 7.64. The van der Waals surface area contributed by atoms with Crippen molar-refractivity contribution in [3.8, 4) is 0 Å². The summed E-state index contributed by atoms with van der Waals surface area (Å²) in [6.07, 6.45) is 8.20. The fraction of sp³-hybridized carbons (Fsp3) is 1.00. The Morgan fingerprint density at radius 1 is 1.33 bits per heavy atom. The third-order valence-electron chi connectivity index (χ3n) is 5.24. The first-order valence-corrected chi connectivity index (χ1v) is 7.64. The highest BCUT2D eigenvalue weighted by Gasteiger charge is 2.37. The number of nitrogens with zero attached hydrogens (tertiary/aromatic N) is 1. The number of hydrogen-bond donors (Lipinski definition) is 1. The van der Waals surface area contributed by atoms with Crippen LogP contribution in [0.15, 0.2) is 0 Å². The second-order valence-electron chi connectivity index (χ2n) is 6.41. The summed E-state index contributed by atoms with van der Waals surface area (Å²) in [6, 6.07) is 0.732. The minimum Gasteiger partial charge on any atom is -0.383 e. The Kier molecular flexibility index (Phi) is 5.05. The van der Waals surface area contributed by atoms with Gasteiger partial charge in [-0.25, -0.2) is 0 Å². The summed E-state index contributed by atoms with van der Waals surface area (Å²) in [5, 5.41) is 0. The first-order chi connectivity index (χ1) is 8.71. The van der Waals surface area contributed by atoms with Crippen LogP contribution in [0.4, 0.5) is 0 Å². The Morgan fingerprint density at radius 3 is 2.50 bits per heavy atom. The molecular formula is C15H30N2O. The van der Waals surface area contributed by atoms with E-state index in [0.29, 0.717) is 5.41 Å². The van der Waals surface area contributed by atoms with Gasteiger partial charge in [-0.15, -0.1) is 0 Å². The van der Waals surface area contributed by atoms with E-state index in [1.165, 1.54) is 45.1 Å². The SMILES string of the molecule is COCCN(CCC1(CN)CCC1)C(C)C1CC1. The molecule has 3 nitrogen and oxygen atoms in total. The van der Waals surface area contributed by atoms with Crippen LogP contribution in [-0.4, -0.2) is 44.3 Å². The van der Waals surface area contributed by atoms with E-state index in [4.69, 9.17) is 10.5 Å². The van der Waals surface area contributed by atoms with Crippen LogP contribution in [-0.2, 0) is 4.74 Å². The van der Waals surface area contributed by atoms with Gasteiger partial charge in [0.1, 0.15) is 0 Å². The van der Waals surface area contributed by atoms with Crippen LogP contribution in [0.1, 0.15) is 45.4 Å². The smallest absolute Gasteiger partial charge is 0.0589 e. The molecule has 2 aliphatic carbocycles. The summed E-state index contributed by atoms with van der Waals surface area (Å²) in [4.78, 5) is 2.64. The molecule has 106 valence electrons. The van der Waals surface area contributed by atoms with E-state index in [-0.39, 0.29) is 0 Å². The zero-order valence-electron chi connectivity index (χ0n) is 12.2. The molecule has 2 N–H and O–H groups in total. The largest absolute Gasteiger partial charge is 0.383 e. The van der Waals surface area contributed by atoms with Crippen LogP contribution >= 0.6 is 0 Å². The molecule has 0 radical (unpaired) electrons. The molecule has 0 aromatic rings. The minimum atomic E-state index is 0.481. The molecule has 0 amide bonds. The molecule has 0 spiro atoms. The predicted octanol–water partition coefficient (Wildman–Crippen LogP) is 2.25. The Morgan fingerprint density at radius 2 is 2.06 bits per heavy atom. The molecule has 2 fully saturated rings. The highest BCUT2D eigenvalue weighted by Crippen LogP contribution is 2.43. The quantitative estimate of drug-likeness (QED) is 0.686. The van der Waals surface area contributed by atoms with Crippen molar-refractivity contribution in [3.05, 3.63) is 0 Å². The zero-order chi connectivity index (χ0) is 13.0. The van der Waals surface area contributed by atoms with E-state index < -0.39 is 0 Å². The van der Waals surface area contributed by atoms with E-state index >= 15 is 0 Å². The molecule has 3 heteroatoms.